The summed E-state index contributed by atoms with van der Waals surface area (Å²) in [4.78, 5) is 13.1. The molecular formula is C22H18N2OS. The summed E-state index contributed by atoms with van der Waals surface area (Å²) in [5.74, 6) is 0. The Balaban J connectivity index is 1.91. The molecule has 0 spiro atoms. The van der Waals surface area contributed by atoms with Gasteiger partial charge < -0.3 is 4.57 Å². The largest absolute Gasteiger partial charge is 0.330 e. The van der Waals surface area contributed by atoms with Gasteiger partial charge in [-0.1, -0.05) is 17.7 Å². The zero-order valence-corrected chi connectivity index (χ0v) is 15.7. The number of nitrogens with zero attached hydrogens (tertiary/aromatic N) is 2. The zero-order valence-electron chi connectivity index (χ0n) is 14.9. The first-order valence-corrected chi connectivity index (χ1v) is 9.49. The van der Waals surface area contributed by atoms with Gasteiger partial charge in [0.25, 0.3) is 5.56 Å². The van der Waals surface area contributed by atoms with Crippen molar-refractivity contribution in [3.63, 3.8) is 0 Å². The van der Waals surface area contributed by atoms with E-state index >= 15 is 0 Å². The summed E-state index contributed by atoms with van der Waals surface area (Å²) in [7, 11) is 3.89. The number of thiophene rings is 1. The Bertz CT molecular complexity index is 1380. The van der Waals surface area contributed by atoms with Gasteiger partial charge in [-0.15, -0.1) is 11.3 Å². The highest BCUT2D eigenvalue weighted by atomic mass is 32.1. The summed E-state index contributed by atoms with van der Waals surface area (Å²) in [5, 5.41) is 5.58. The summed E-state index contributed by atoms with van der Waals surface area (Å²) < 4.78 is 5.13. The lowest BCUT2D eigenvalue weighted by Gasteiger charge is -2.08. The number of hydrogen-bond donors (Lipinski definition) is 0. The number of rotatable bonds is 1. The fourth-order valence-corrected chi connectivity index (χ4v) is 4.72. The molecule has 0 aliphatic heterocycles. The predicted octanol–water partition coefficient (Wildman–Crippen LogP) is 5.22. The minimum atomic E-state index is 0.0368. The molecule has 0 saturated heterocycles. The van der Waals surface area contributed by atoms with Crippen molar-refractivity contribution in [2.75, 3.05) is 0 Å². The summed E-state index contributed by atoms with van der Waals surface area (Å²) in [6.45, 7) is 2.10. The standard InChI is InChI=1S/C22H18N2OS/c1-13-4-6-19-17(10-13)18-12-16(22(25)24(3)21(18)23(19)2)14-5-7-20-15(11-14)8-9-26-20/h4-12H,1-3H3. The van der Waals surface area contributed by atoms with Gasteiger partial charge in [-0.25, -0.2) is 0 Å². The second-order valence-corrected chi connectivity index (χ2v) is 7.86. The van der Waals surface area contributed by atoms with Crippen LogP contribution in [0.25, 0.3) is 43.1 Å². The normalized spacial score (nSPS) is 11.8. The van der Waals surface area contributed by atoms with Gasteiger partial charge in [0.15, 0.2) is 0 Å². The van der Waals surface area contributed by atoms with Crippen LogP contribution in [0.5, 0.6) is 0 Å². The van der Waals surface area contributed by atoms with Crippen molar-refractivity contribution in [1.29, 1.82) is 0 Å². The van der Waals surface area contributed by atoms with Crippen molar-refractivity contribution in [3.05, 3.63) is 69.8 Å². The molecule has 0 aliphatic carbocycles. The van der Waals surface area contributed by atoms with Crippen LogP contribution in [0, 0.1) is 6.92 Å². The van der Waals surface area contributed by atoms with Crippen LogP contribution >= 0.6 is 11.3 Å². The first kappa shape index (κ1) is 15.4. The first-order chi connectivity index (χ1) is 12.5. The van der Waals surface area contributed by atoms with Crippen molar-refractivity contribution in [2.24, 2.45) is 14.1 Å². The van der Waals surface area contributed by atoms with Crippen molar-refractivity contribution < 1.29 is 0 Å². The van der Waals surface area contributed by atoms with Crippen molar-refractivity contribution in [2.45, 2.75) is 6.92 Å². The molecule has 0 unspecified atom stereocenters. The third kappa shape index (κ3) is 2.02. The highest BCUT2D eigenvalue weighted by molar-refractivity contribution is 7.17. The van der Waals surface area contributed by atoms with Crippen LogP contribution in [0.4, 0.5) is 0 Å². The van der Waals surface area contributed by atoms with E-state index in [1.165, 1.54) is 21.0 Å². The predicted molar refractivity (Wildman–Crippen MR) is 111 cm³/mol. The van der Waals surface area contributed by atoms with Crippen LogP contribution in [-0.4, -0.2) is 9.13 Å². The molecule has 3 aromatic heterocycles. The summed E-state index contributed by atoms with van der Waals surface area (Å²) in [6, 6.07) is 16.9. The van der Waals surface area contributed by atoms with E-state index in [-0.39, 0.29) is 5.56 Å². The molecule has 0 fully saturated rings. The molecule has 0 atom stereocenters. The highest BCUT2D eigenvalue weighted by Gasteiger charge is 2.16. The fourth-order valence-electron chi connectivity index (χ4n) is 3.95. The molecule has 26 heavy (non-hydrogen) atoms. The molecule has 2 aromatic carbocycles. The minimum absolute atomic E-state index is 0.0368. The van der Waals surface area contributed by atoms with Crippen LogP contribution in [0.3, 0.4) is 0 Å². The van der Waals surface area contributed by atoms with Crippen molar-refractivity contribution in [3.8, 4) is 11.1 Å². The molecule has 0 radical (unpaired) electrons. The molecule has 0 N–H and O–H groups in total. The van der Waals surface area contributed by atoms with Crippen LogP contribution in [0.1, 0.15) is 5.56 Å². The minimum Gasteiger partial charge on any atom is -0.330 e. The van der Waals surface area contributed by atoms with Crippen LogP contribution < -0.4 is 5.56 Å². The van der Waals surface area contributed by atoms with E-state index in [4.69, 9.17) is 0 Å². The number of fused-ring (bicyclic) bond motifs is 4. The van der Waals surface area contributed by atoms with Gasteiger partial charge in [0.2, 0.25) is 0 Å². The maximum Gasteiger partial charge on any atom is 0.259 e. The lowest BCUT2D eigenvalue weighted by Crippen LogP contribution is -2.20. The maximum absolute atomic E-state index is 13.1. The lowest BCUT2D eigenvalue weighted by atomic mass is 10.0. The van der Waals surface area contributed by atoms with Crippen LogP contribution in [0.2, 0.25) is 0 Å². The number of hydrogen-bond acceptors (Lipinski definition) is 2. The average Bonchev–Trinajstić information content (AvgIpc) is 3.20. The van der Waals surface area contributed by atoms with Crippen molar-refractivity contribution in [1.82, 2.24) is 9.13 Å². The van der Waals surface area contributed by atoms with Gasteiger partial charge in [-0.05, 0) is 59.7 Å². The quantitative estimate of drug-likeness (QED) is 0.403. The third-order valence-electron chi connectivity index (χ3n) is 5.27. The topological polar surface area (TPSA) is 26.9 Å². The number of benzene rings is 2. The summed E-state index contributed by atoms with van der Waals surface area (Å²) >= 11 is 1.72. The molecule has 0 aliphatic rings. The van der Waals surface area contributed by atoms with Gasteiger partial charge in [0, 0.05) is 35.1 Å². The summed E-state index contributed by atoms with van der Waals surface area (Å²) in [6.07, 6.45) is 0. The molecule has 128 valence electrons. The third-order valence-corrected chi connectivity index (χ3v) is 6.16. The first-order valence-electron chi connectivity index (χ1n) is 8.61. The molecular weight excluding hydrogens is 340 g/mol. The Labute approximate surface area is 154 Å². The van der Waals surface area contributed by atoms with E-state index in [1.54, 1.807) is 15.9 Å². The smallest absolute Gasteiger partial charge is 0.259 e. The molecule has 0 amide bonds. The Morgan fingerprint density at radius 1 is 0.885 bits per heavy atom. The maximum atomic E-state index is 13.1. The van der Waals surface area contributed by atoms with E-state index in [1.807, 2.05) is 14.1 Å². The Morgan fingerprint density at radius 2 is 1.73 bits per heavy atom. The molecule has 0 saturated carbocycles. The van der Waals surface area contributed by atoms with E-state index in [0.717, 1.165) is 27.7 Å². The van der Waals surface area contributed by atoms with Crippen LogP contribution in [0.15, 0.2) is 58.7 Å². The van der Waals surface area contributed by atoms with E-state index in [9.17, 15) is 4.79 Å². The van der Waals surface area contributed by atoms with E-state index < -0.39 is 0 Å². The van der Waals surface area contributed by atoms with Crippen LogP contribution in [-0.2, 0) is 14.1 Å². The molecule has 3 heterocycles. The Hall–Kier alpha value is -2.85. The number of aryl methyl sites for hydroxylation is 3. The molecule has 5 aromatic rings. The molecule has 0 bridgehead atoms. The van der Waals surface area contributed by atoms with E-state index in [0.29, 0.717) is 0 Å². The zero-order chi connectivity index (χ0) is 18.0. The monoisotopic (exact) mass is 358 g/mol. The number of pyridine rings is 1. The van der Waals surface area contributed by atoms with Gasteiger partial charge in [-0.2, -0.15) is 0 Å². The Morgan fingerprint density at radius 3 is 2.58 bits per heavy atom. The molecule has 5 rings (SSSR count). The molecule has 4 heteroatoms. The van der Waals surface area contributed by atoms with E-state index in [2.05, 4.69) is 65.4 Å². The van der Waals surface area contributed by atoms with Gasteiger partial charge in [-0.3, -0.25) is 9.36 Å². The second-order valence-electron chi connectivity index (χ2n) is 6.91. The number of aromatic nitrogens is 2. The Kier molecular flexibility index (Phi) is 3.15. The SMILES string of the molecule is Cc1ccc2c(c1)c1cc(-c3ccc4sccc4c3)c(=O)n(C)c1n2C. The average molecular weight is 358 g/mol. The second kappa shape index (κ2) is 5.32. The van der Waals surface area contributed by atoms with Gasteiger partial charge >= 0.3 is 0 Å². The fraction of sp³-hybridized carbons (Fsp3) is 0.136. The van der Waals surface area contributed by atoms with Crippen molar-refractivity contribution >= 4 is 43.4 Å². The molecule has 3 nitrogen and oxygen atoms in total. The van der Waals surface area contributed by atoms with Gasteiger partial charge in [0.1, 0.15) is 5.65 Å². The summed E-state index contributed by atoms with van der Waals surface area (Å²) in [5.41, 5.74) is 5.09. The van der Waals surface area contributed by atoms with Gasteiger partial charge in [0.05, 0.1) is 5.52 Å². The lowest BCUT2D eigenvalue weighted by molar-refractivity contribution is 0.846. The highest BCUT2D eigenvalue weighted by Crippen LogP contribution is 2.32.